The van der Waals surface area contributed by atoms with Crippen molar-refractivity contribution < 1.29 is 13.2 Å². The van der Waals surface area contributed by atoms with Crippen LogP contribution >= 0.6 is 0 Å². The Balaban J connectivity index is 2.30. The summed E-state index contributed by atoms with van der Waals surface area (Å²) in [5.41, 5.74) is 0.198. The predicted octanol–water partition coefficient (Wildman–Crippen LogP) is 3.49. The van der Waals surface area contributed by atoms with E-state index in [2.05, 4.69) is 11.4 Å². The summed E-state index contributed by atoms with van der Waals surface area (Å²) in [5, 5.41) is 11.5. The minimum atomic E-state index is -4.27. The lowest BCUT2D eigenvalue weighted by molar-refractivity contribution is -0.137. The van der Waals surface area contributed by atoms with Gasteiger partial charge in [-0.15, -0.1) is 0 Å². The van der Waals surface area contributed by atoms with Crippen molar-refractivity contribution >= 4 is 0 Å². The molecule has 0 saturated heterocycles. The van der Waals surface area contributed by atoms with E-state index in [4.69, 9.17) is 5.26 Å². The summed E-state index contributed by atoms with van der Waals surface area (Å²) in [5.74, 6) is 0. The van der Waals surface area contributed by atoms with Crippen LogP contribution in [0.3, 0.4) is 0 Å². The fourth-order valence-electron chi connectivity index (χ4n) is 1.50. The van der Waals surface area contributed by atoms with E-state index in [0.29, 0.717) is 13.0 Å². The lowest BCUT2D eigenvalue weighted by Crippen LogP contribution is -2.14. The third-order valence-electron chi connectivity index (χ3n) is 2.50. The average molecular weight is 256 g/mol. The van der Waals surface area contributed by atoms with E-state index in [1.807, 2.05) is 0 Å². The van der Waals surface area contributed by atoms with Gasteiger partial charge in [-0.25, -0.2) is 0 Å². The average Bonchev–Trinajstić information content (AvgIpc) is 2.33. The Kier molecular flexibility index (Phi) is 5.66. The Labute approximate surface area is 104 Å². The van der Waals surface area contributed by atoms with Gasteiger partial charge in [0.05, 0.1) is 11.6 Å². The summed E-state index contributed by atoms with van der Waals surface area (Å²) < 4.78 is 36.9. The summed E-state index contributed by atoms with van der Waals surface area (Å²) in [6, 6.07) is 7.20. The molecular formula is C13H15F3N2. The van der Waals surface area contributed by atoms with Crippen molar-refractivity contribution in [2.24, 2.45) is 0 Å². The highest BCUT2D eigenvalue weighted by atomic mass is 19.4. The van der Waals surface area contributed by atoms with Crippen molar-refractivity contribution in [1.82, 2.24) is 5.32 Å². The highest BCUT2D eigenvalue weighted by molar-refractivity contribution is 5.24. The van der Waals surface area contributed by atoms with Crippen LogP contribution in [0, 0.1) is 11.3 Å². The number of alkyl halides is 3. The first-order valence-electron chi connectivity index (χ1n) is 5.78. The van der Waals surface area contributed by atoms with Gasteiger partial charge < -0.3 is 5.32 Å². The quantitative estimate of drug-likeness (QED) is 0.791. The Morgan fingerprint density at radius 2 is 1.78 bits per heavy atom. The van der Waals surface area contributed by atoms with Gasteiger partial charge in [0.2, 0.25) is 0 Å². The van der Waals surface area contributed by atoms with Gasteiger partial charge >= 0.3 is 6.18 Å². The summed E-state index contributed by atoms with van der Waals surface area (Å²) in [6.07, 6.45) is -1.99. The van der Waals surface area contributed by atoms with Crippen molar-refractivity contribution in [2.45, 2.75) is 32.0 Å². The number of hydrogen-bond acceptors (Lipinski definition) is 2. The van der Waals surface area contributed by atoms with Gasteiger partial charge in [0.25, 0.3) is 0 Å². The largest absolute Gasteiger partial charge is 0.416 e. The fourth-order valence-corrected chi connectivity index (χ4v) is 1.50. The molecule has 0 spiro atoms. The zero-order valence-corrected chi connectivity index (χ0v) is 9.93. The van der Waals surface area contributed by atoms with Crippen LogP contribution in [0.5, 0.6) is 0 Å². The molecule has 98 valence electrons. The van der Waals surface area contributed by atoms with E-state index < -0.39 is 11.7 Å². The standard InChI is InChI=1S/C13H15F3N2/c14-13(15,16)12-6-4-11(5-7-12)10-18-9-3-1-2-8-17/h4-7,18H,1-3,9-10H2. The molecule has 2 nitrogen and oxygen atoms in total. The van der Waals surface area contributed by atoms with E-state index >= 15 is 0 Å². The van der Waals surface area contributed by atoms with E-state index in [1.165, 1.54) is 12.1 Å². The lowest BCUT2D eigenvalue weighted by atomic mass is 10.1. The second-order valence-corrected chi connectivity index (χ2v) is 3.99. The zero-order chi connectivity index (χ0) is 13.4. The number of benzene rings is 1. The van der Waals surface area contributed by atoms with E-state index in [0.717, 1.165) is 37.1 Å². The Morgan fingerprint density at radius 1 is 1.11 bits per heavy atom. The third kappa shape index (κ3) is 5.19. The number of rotatable bonds is 6. The fraction of sp³-hybridized carbons (Fsp3) is 0.462. The molecule has 0 unspecified atom stereocenters. The lowest BCUT2D eigenvalue weighted by Gasteiger charge is -2.08. The van der Waals surface area contributed by atoms with Crippen molar-refractivity contribution in [2.75, 3.05) is 6.54 Å². The molecule has 0 heterocycles. The molecule has 1 rings (SSSR count). The molecule has 0 atom stereocenters. The molecule has 0 amide bonds. The molecule has 0 fully saturated rings. The predicted molar refractivity (Wildman–Crippen MR) is 62.6 cm³/mol. The summed E-state index contributed by atoms with van der Waals surface area (Å²) in [6.45, 7) is 1.31. The van der Waals surface area contributed by atoms with E-state index in [-0.39, 0.29) is 0 Å². The molecule has 0 saturated carbocycles. The summed E-state index contributed by atoms with van der Waals surface area (Å²) in [4.78, 5) is 0. The van der Waals surface area contributed by atoms with Gasteiger partial charge in [0.1, 0.15) is 0 Å². The molecule has 0 radical (unpaired) electrons. The smallest absolute Gasteiger partial charge is 0.313 e. The first-order chi connectivity index (χ1) is 8.54. The van der Waals surface area contributed by atoms with Crippen LogP contribution < -0.4 is 5.32 Å². The van der Waals surface area contributed by atoms with Crippen LogP contribution in [0.15, 0.2) is 24.3 Å². The number of unbranched alkanes of at least 4 members (excludes halogenated alkanes) is 2. The van der Waals surface area contributed by atoms with E-state index in [1.54, 1.807) is 0 Å². The number of halogens is 3. The Bertz CT molecular complexity index is 390. The Hall–Kier alpha value is -1.54. The molecule has 5 heteroatoms. The molecule has 0 aliphatic heterocycles. The molecular weight excluding hydrogens is 241 g/mol. The molecule has 0 aromatic heterocycles. The number of nitrogens with one attached hydrogen (secondary N) is 1. The van der Waals surface area contributed by atoms with Crippen LogP contribution in [-0.2, 0) is 12.7 Å². The van der Waals surface area contributed by atoms with Crippen molar-refractivity contribution in [1.29, 1.82) is 5.26 Å². The molecule has 0 aliphatic carbocycles. The van der Waals surface area contributed by atoms with Gasteiger partial charge in [-0.05, 0) is 37.1 Å². The monoisotopic (exact) mass is 256 g/mol. The van der Waals surface area contributed by atoms with Crippen LogP contribution in [0.25, 0.3) is 0 Å². The summed E-state index contributed by atoms with van der Waals surface area (Å²) >= 11 is 0. The van der Waals surface area contributed by atoms with E-state index in [9.17, 15) is 13.2 Å². The van der Waals surface area contributed by atoms with Crippen molar-refractivity contribution in [3.63, 3.8) is 0 Å². The maximum Gasteiger partial charge on any atom is 0.416 e. The maximum absolute atomic E-state index is 12.3. The molecule has 18 heavy (non-hydrogen) atoms. The number of nitrogens with zero attached hydrogens (tertiary/aromatic N) is 1. The molecule has 0 bridgehead atoms. The third-order valence-corrected chi connectivity index (χ3v) is 2.50. The van der Waals surface area contributed by atoms with Gasteiger partial charge in [0, 0.05) is 13.0 Å². The topological polar surface area (TPSA) is 35.8 Å². The first kappa shape index (κ1) is 14.5. The molecule has 0 aliphatic rings. The minimum absolute atomic E-state index is 0.544. The van der Waals surface area contributed by atoms with Gasteiger partial charge in [-0.3, -0.25) is 0 Å². The molecule has 1 aromatic carbocycles. The summed E-state index contributed by atoms with van der Waals surface area (Å²) in [7, 11) is 0. The highest BCUT2D eigenvalue weighted by Crippen LogP contribution is 2.28. The Morgan fingerprint density at radius 3 is 2.33 bits per heavy atom. The molecule has 1 N–H and O–H groups in total. The van der Waals surface area contributed by atoms with Crippen LogP contribution in [-0.4, -0.2) is 6.54 Å². The highest BCUT2D eigenvalue weighted by Gasteiger charge is 2.29. The van der Waals surface area contributed by atoms with Crippen LogP contribution in [0.2, 0.25) is 0 Å². The van der Waals surface area contributed by atoms with Gasteiger partial charge in [0.15, 0.2) is 0 Å². The van der Waals surface area contributed by atoms with Crippen molar-refractivity contribution in [3.05, 3.63) is 35.4 Å². The maximum atomic E-state index is 12.3. The van der Waals surface area contributed by atoms with Crippen LogP contribution in [0.1, 0.15) is 30.4 Å². The SMILES string of the molecule is N#CCCCCNCc1ccc(C(F)(F)F)cc1. The van der Waals surface area contributed by atoms with Gasteiger partial charge in [-0.2, -0.15) is 18.4 Å². The van der Waals surface area contributed by atoms with Crippen LogP contribution in [0.4, 0.5) is 13.2 Å². The number of nitriles is 1. The normalized spacial score (nSPS) is 11.2. The van der Waals surface area contributed by atoms with Crippen molar-refractivity contribution in [3.8, 4) is 6.07 Å². The minimum Gasteiger partial charge on any atom is -0.313 e. The zero-order valence-electron chi connectivity index (χ0n) is 9.93. The second kappa shape index (κ2) is 7.02. The first-order valence-corrected chi connectivity index (χ1v) is 5.78. The number of hydrogen-bond donors (Lipinski definition) is 1. The second-order valence-electron chi connectivity index (χ2n) is 3.99. The molecule has 1 aromatic rings. The van der Waals surface area contributed by atoms with Gasteiger partial charge in [-0.1, -0.05) is 12.1 Å².